The number of nitrogens with zero attached hydrogens (tertiary/aromatic N) is 2. The van der Waals surface area contributed by atoms with E-state index in [-0.39, 0.29) is 0 Å². The Bertz CT molecular complexity index is 307. The fraction of sp³-hybridized carbons (Fsp3) is 0.750. The molecule has 1 aliphatic rings. The van der Waals surface area contributed by atoms with E-state index in [1.807, 2.05) is 10.9 Å². The lowest BCUT2D eigenvalue weighted by atomic mass is 10.2. The molecule has 16 heavy (non-hydrogen) atoms. The highest BCUT2D eigenvalue weighted by Crippen LogP contribution is 2.18. The van der Waals surface area contributed by atoms with E-state index in [1.54, 1.807) is 6.20 Å². The molecule has 0 amide bonds. The molecule has 0 bridgehead atoms. The van der Waals surface area contributed by atoms with Crippen molar-refractivity contribution in [1.82, 2.24) is 15.1 Å². The fourth-order valence-corrected chi connectivity index (χ4v) is 1.96. The first-order chi connectivity index (χ1) is 7.84. The van der Waals surface area contributed by atoms with Gasteiger partial charge in [0, 0.05) is 18.8 Å². The van der Waals surface area contributed by atoms with Crippen molar-refractivity contribution in [3.05, 3.63) is 17.4 Å². The van der Waals surface area contributed by atoms with Crippen molar-refractivity contribution < 1.29 is 0 Å². The topological polar surface area (TPSA) is 29.9 Å². The Morgan fingerprint density at radius 1 is 1.31 bits per heavy atom. The summed E-state index contributed by atoms with van der Waals surface area (Å²) in [5, 5.41) is 8.42. The van der Waals surface area contributed by atoms with Crippen LogP contribution >= 0.6 is 11.6 Å². The van der Waals surface area contributed by atoms with Gasteiger partial charge in [0.15, 0.2) is 0 Å². The standard InChI is InChI=1S/C12H20ClN3/c13-11-9-15-16(10-11)8-4-2-1-3-7-14-12-5-6-12/h9-10,12,14H,1-8H2. The van der Waals surface area contributed by atoms with E-state index in [9.17, 15) is 0 Å². The number of hydrogen-bond acceptors (Lipinski definition) is 2. The van der Waals surface area contributed by atoms with E-state index >= 15 is 0 Å². The molecule has 0 radical (unpaired) electrons. The van der Waals surface area contributed by atoms with E-state index in [4.69, 9.17) is 11.6 Å². The third-order valence-corrected chi connectivity index (χ3v) is 3.12. The number of halogens is 1. The molecule has 0 unspecified atom stereocenters. The Morgan fingerprint density at radius 2 is 2.12 bits per heavy atom. The molecule has 0 saturated heterocycles. The van der Waals surface area contributed by atoms with Crippen LogP contribution < -0.4 is 5.32 Å². The van der Waals surface area contributed by atoms with Gasteiger partial charge in [0.05, 0.1) is 11.2 Å². The fourth-order valence-electron chi connectivity index (χ4n) is 1.81. The summed E-state index contributed by atoms with van der Waals surface area (Å²) < 4.78 is 1.92. The molecule has 1 aromatic rings. The van der Waals surface area contributed by atoms with Crippen molar-refractivity contribution in [3.8, 4) is 0 Å². The number of aromatic nitrogens is 2. The zero-order valence-electron chi connectivity index (χ0n) is 9.66. The van der Waals surface area contributed by atoms with Crippen LogP contribution in [-0.4, -0.2) is 22.4 Å². The van der Waals surface area contributed by atoms with Gasteiger partial charge >= 0.3 is 0 Å². The number of unbranched alkanes of at least 4 members (excludes halogenated alkanes) is 3. The van der Waals surface area contributed by atoms with E-state index in [2.05, 4.69) is 10.4 Å². The molecule has 90 valence electrons. The summed E-state index contributed by atoms with van der Waals surface area (Å²) in [5.41, 5.74) is 0. The minimum absolute atomic E-state index is 0.730. The molecular formula is C12H20ClN3. The molecule has 1 N–H and O–H groups in total. The molecule has 2 rings (SSSR count). The van der Waals surface area contributed by atoms with Gasteiger partial charge in [0.2, 0.25) is 0 Å². The van der Waals surface area contributed by atoms with Crippen LogP contribution in [0.3, 0.4) is 0 Å². The Hall–Kier alpha value is -0.540. The summed E-state index contributed by atoms with van der Waals surface area (Å²) in [7, 11) is 0. The lowest BCUT2D eigenvalue weighted by Gasteiger charge is -2.03. The Balaban J connectivity index is 1.42. The molecule has 0 aromatic carbocycles. The Morgan fingerprint density at radius 3 is 2.81 bits per heavy atom. The number of nitrogens with one attached hydrogen (secondary N) is 1. The van der Waals surface area contributed by atoms with E-state index in [1.165, 1.54) is 45.1 Å². The van der Waals surface area contributed by atoms with Crippen LogP contribution in [0.15, 0.2) is 12.4 Å². The number of rotatable bonds is 8. The highest BCUT2D eigenvalue weighted by atomic mass is 35.5. The van der Waals surface area contributed by atoms with Gasteiger partial charge in [-0.3, -0.25) is 4.68 Å². The van der Waals surface area contributed by atoms with Gasteiger partial charge in [0.25, 0.3) is 0 Å². The second-order valence-electron chi connectivity index (χ2n) is 4.56. The molecule has 1 fully saturated rings. The molecule has 0 spiro atoms. The Kier molecular flexibility index (Phi) is 4.67. The van der Waals surface area contributed by atoms with Crippen molar-refractivity contribution in [1.29, 1.82) is 0 Å². The first kappa shape index (κ1) is 11.9. The summed E-state index contributed by atoms with van der Waals surface area (Å²) in [6, 6.07) is 0.853. The highest BCUT2D eigenvalue weighted by molar-refractivity contribution is 6.30. The van der Waals surface area contributed by atoms with E-state index in [0.717, 1.165) is 17.6 Å². The summed E-state index contributed by atoms with van der Waals surface area (Å²) in [6.45, 7) is 2.18. The van der Waals surface area contributed by atoms with Gasteiger partial charge in [0.1, 0.15) is 0 Å². The average Bonchev–Trinajstić information content (AvgIpc) is 3.00. The van der Waals surface area contributed by atoms with Crippen LogP contribution in [-0.2, 0) is 6.54 Å². The van der Waals surface area contributed by atoms with Crippen molar-refractivity contribution in [3.63, 3.8) is 0 Å². The molecule has 3 nitrogen and oxygen atoms in total. The quantitative estimate of drug-likeness (QED) is 0.710. The van der Waals surface area contributed by atoms with Gasteiger partial charge in [-0.15, -0.1) is 0 Å². The maximum atomic E-state index is 5.79. The van der Waals surface area contributed by atoms with Crippen molar-refractivity contribution in [2.45, 2.75) is 51.1 Å². The third-order valence-electron chi connectivity index (χ3n) is 2.93. The van der Waals surface area contributed by atoms with Crippen LogP contribution in [0.4, 0.5) is 0 Å². The minimum atomic E-state index is 0.730. The van der Waals surface area contributed by atoms with Gasteiger partial charge in [-0.25, -0.2) is 0 Å². The average molecular weight is 242 g/mol. The zero-order valence-corrected chi connectivity index (χ0v) is 10.4. The van der Waals surface area contributed by atoms with Gasteiger partial charge in [-0.1, -0.05) is 24.4 Å². The maximum Gasteiger partial charge on any atom is 0.0785 e. The molecule has 0 atom stereocenters. The molecule has 4 heteroatoms. The molecule has 1 aromatic heterocycles. The monoisotopic (exact) mass is 241 g/mol. The lowest BCUT2D eigenvalue weighted by Crippen LogP contribution is -2.17. The van der Waals surface area contributed by atoms with Crippen LogP contribution in [0.1, 0.15) is 38.5 Å². The molecular weight excluding hydrogens is 222 g/mol. The zero-order chi connectivity index (χ0) is 11.2. The second-order valence-corrected chi connectivity index (χ2v) is 5.00. The maximum absolute atomic E-state index is 5.79. The van der Waals surface area contributed by atoms with E-state index in [0.29, 0.717) is 0 Å². The number of aryl methyl sites for hydroxylation is 1. The van der Waals surface area contributed by atoms with E-state index < -0.39 is 0 Å². The summed E-state index contributed by atoms with van der Waals surface area (Å²) in [6.07, 6.45) is 11.5. The van der Waals surface area contributed by atoms with Crippen LogP contribution in [0.25, 0.3) is 0 Å². The normalized spacial score (nSPS) is 15.6. The SMILES string of the molecule is Clc1cnn(CCCCCCNC2CC2)c1. The van der Waals surface area contributed by atoms with Crippen molar-refractivity contribution in [2.75, 3.05) is 6.54 Å². The third kappa shape index (κ3) is 4.54. The first-order valence-electron chi connectivity index (χ1n) is 6.26. The largest absolute Gasteiger partial charge is 0.314 e. The lowest BCUT2D eigenvalue weighted by molar-refractivity contribution is 0.524. The summed E-state index contributed by atoms with van der Waals surface area (Å²) in [5.74, 6) is 0. The Labute approximate surface area is 102 Å². The highest BCUT2D eigenvalue weighted by Gasteiger charge is 2.19. The molecule has 1 heterocycles. The molecule has 1 aliphatic carbocycles. The molecule has 0 aliphatic heterocycles. The van der Waals surface area contributed by atoms with Crippen LogP contribution in [0.5, 0.6) is 0 Å². The van der Waals surface area contributed by atoms with Gasteiger partial charge in [-0.05, 0) is 32.2 Å². The summed E-state index contributed by atoms with van der Waals surface area (Å²) >= 11 is 5.79. The predicted octanol–water partition coefficient (Wildman–Crippen LogP) is 2.85. The smallest absolute Gasteiger partial charge is 0.0785 e. The number of hydrogen-bond donors (Lipinski definition) is 1. The minimum Gasteiger partial charge on any atom is -0.314 e. The van der Waals surface area contributed by atoms with Gasteiger partial charge in [-0.2, -0.15) is 5.10 Å². The van der Waals surface area contributed by atoms with Crippen molar-refractivity contribution in [2.24, 2.45) is 0 Å². The molecule has 1 saturated carbocycles. The van der Waals surface area contributed by atoms with Crippen LogP contribution in [0.2, 0.25) is 5.02 Å². The van der Waals surface area contributed by atoms with Crippen LogP contribution in [0, 0.1) is 0 Å². The van der Waals surface area contributed by atoms with Gasteiger partial charge < -0.3 is 5.32 Å². The van der Waals surface area contributed by atoms with Crippen molar-refractivity contribution >= 4 is 11.6 Å². The summed E-state index contributed by atoms with van der Waals surface area (Å²) in [4.78, 5) is 0. The second kappa shape index (κ2) is 6.26. The first-order valence-corrected chi connectivity index (χ1v) is 6.64. The predicted molar refractivity (Wildman–Crippen MR) is 66.7 cm³/mol.